The summed E-state index contributed by atoms with van der Waals surface area (Å²) in [5.41, 5.74) is 0.709. The summed E-state index contributed by atoms with van der Waals surface area (Å²) in [6.07, 6.45) is 0. The van der Waals surface area contributed by atoms with Gasteiger partial charge in [-0.15, -0.1) is 0 Å². The second-order valence-electron chi connectivity index (χ2n) is 5.77. The van der Waals surface area contributed by atoms with Crippen molar-refractivity contribution in [2.24, 2.45) is 5.92 Å². The van der Waals surface area contributed by atoms with E-state index in [2.05, 4.69) is 10.6 Å². The first kappa shape index (κ1) is 17.4. The molecule has 0 spiro atoms. The normalized spacial score (nSPS) is 11.0. The zero-order valence-electron chi connectivity index (χ0n) is 13.2. The van der Waals surface area contributed by atoms with Crippen molar-refractivity contribution < 1.29 is 13.9 Å². The highest BCUT2D eigenvalue weighted by Crippen LogP contribution is 2.19. The fraction of sp³-hybridized carbons (Fsp3) is 0.562. The minimum atomic E-state index is -0.313. The number of hydrogen-bond donors (Lipinski definition) is 2. The first-order valence-corrected chi connectivity index (χ1v) is 7.29. The van der Waals surface area contributed by atoms with Crippen molar-refractivity contribution in [3.05, 3.63) is 29.6 Å². The highest BCUT2D eigenvalue weighted by Gasteiger charge is 2.09. The quantitative estimate of drug-likeness (QED) is 0.775. The van der Waals surface area contributed by atoms with Gasteiger partial charge in [-0.3, -0.25) is 4.79 Å². The van der Waals surface area contributed by atoms with E-state index in [4.69, 9.17) is 4.74 Å². The summed E-state index contributed by atoms with van der Waals surface area (Å²) < 4.78 is 18.8. The minimum absolute atomic E-state index is 0.0625. The second-order valence-corrected chi connectivity index (χ2v) is 5.77. The Labute approximate surface area is 126 Å². The first-order valence-electron chi connectivity index (χ1n) is 7.29. The van der Waals surface area contributed by atoms with Gasteiger partial charge in [-0.1, -0.05) is 27.7 Å². The van der Waals surface area contributed by atoms with Crippen LogP contribution in [-0.2, 0) is 11.3 Å². The molecule has 0 saturated heterocycles. The number of halogens is 1. The number of amides is 1. The van der Waals surface area contributed by atoms with Gasteiger partial charge in [0.25, 0.3) is 5.91 Å². The molecule has 0 saturated carbocycles. The molecule has 1 rings (SSSR count). The maximum absolute atomic E-state index is 13.3. The Morgan fingerprint density at radius 1 is 1.29 bits per heavy atom. The molecule has 0 aliphatic carbocycles. The Bertz CT molecular complexity index is 462. The van der Waals surface area contributed by atoms with Crippen LogP contribution in [0.4, 0.5) is 4.39 Å². The van der Waals surface area contributed by atoms with Crippen molar-refractivity contribution in [1.29, 1.82) is 0 Å². The number of ether oxygens (including phenoxy) is 1. The monoisotopic (exact) mass is 296 g/mol. The lowest BCUT2D eigenvalue weighted by Crippen LogP contribution is -2.32. The van der Waals surface area contributed by atoms with Crippen LogP contribution >= 0.6 is 0 Å². The fourth-order valence-corrected chi connectivity index (χ4v) is 1.65. The van der Waals surface area contributed by atoms with Gasteiger partial charge in [-0.25, -0.2) is 4.39 Å². The van der Waals surface area contributed by atoms with E-state index in [9.17, 15) is 9.18 Å². The van der Waals surface area contributed by atoms with Gasteiger partial charge in [0, 0.05) is 24.7 Å². The van der Waals surface area contributed by atoms with Crippen molar-refractivity contribution in [3.63, 3.8) is 0 Å². The third kappa shape index (κ3) is 7.09. The fourth-order valence-electron chi connectivity index (χ4n) is 1.65. The van der Waals surface area contributed by atoms with E-state index in [1.807, 2.05) is 27.7 Å². The van der Waals surface area contributed by atoms with Crippen LogP contribution in [0.5, 0.6) is 5.75 Å². The van der Waals surface area contributed by atoms with Crippen LogP contribution in [0.3, 0.4) is 0 Å². The van der Waals surface area contributed by atoms with Crippen LogP contribution in [0, 0.1) is 11.7 Å². The summed E-state index contributed by atoms with van der Waals surface area (Å²) in [4.78, 5) is 11.6. The zero-order valence-corrected chi connectivity index (χ0v) is 13.2. The largest absolute Gasteiger partial charge is 0.483 e. The summed E-state index contributed by atoms with van der Waals surface area (Å²) in [7, 11) is 0. The Kier molecular flexibility index (Phi) is 7.15. The second kappa shape index (κ2) is 8.62. The van der Waals surface area contributed by atoms with E-state index < -0.39 is 0 Å². The van der Waals surface area contributed by atoms with Crippen LogP contribution in [0.15, 0.2) is 18.2 Å². The van der Waals surface area contributed by atoms with E-state index >= 15 is 0 Å². The van der Waals surface area contributed by atoms with Crippen LogP contribution in [0.2, 0.25) is 0 Å². The number of carbonyl (C=O) groups excluding carboxylic acids is 1. The highest BCUT2D eigenvalue weighted by atomic mass is 19.1. The van der Waals surface area contributed by atoms with Crippen molar-refractivity contribution >= 4 is 5.91 Å². The maximum Gasteiger partial charge on any atom is 0.257 e. The predicted octanol–water partition coefficient (Wildman–Crippen LogP) is 2.47. The standard InChI is InChI=1S/C16H25FN2O2/c1-11(2)8-19-16(20)10-21-15-6-5-14(17)7-13(15)9-18-12(3)4/h5-7,11-12,18H,8-10H2,1-4H3,(H,19,20). The molecular formula is C16H25FN2O2. The molecule has 21 heavy (non-hydrogen) atoms. The van der Waals surface area contributed by atoms with Crippen LogP contribution in [0.1, 0.15) is 33.3 Å². The number of rotatable bonds is 8. The molecule has 0 heterocycles. The summed E-state index contributed by atoms with van der Waals surface area (Å²) in [6.45, 7) is 9.13. The van der Waals surface area contributed by atoms with Gasteiger partial charge in [0.1, 0.15) is 11.6 Å². The molecule has 0 fully saturated rings. The molecule has 0 atom stereocenters. The smallest absolute Gasteiger partial charge is 0.257 e. The molecule has 0 aliphatic rings. The lowest BCUT2D eigenvalue weighted by atomic mass is 10.2. The molecule has 2 N–H and O–H groups in total. The molecule has 118 valence electrons. The van der Waals surface area contributed by atoms with Crippen molar-refractivity contribution in [2.45, 2.75) is 40.3 Å². The molecule has 5 heteroatoms. The number of carbonyl (C=O) groups is 1. The highest BCUT2D eigenvalue weighted by molar-refractivity contribution is 5.77. The third-order valence-electron chi connectivity index (χ3n) is 2.79. The zero-order chi connectivity index (χ0) is 15.8. The van der Waals surface area contributed by atoms with Crippen molar-refractivity contribution in [2.75, 3.05) is 13.2 Å². The van der Waals surface area contributed by atoms with Crippen LogP contribution in [0.25, 0.3) is 0 Å². The average Bonchev–Trinajstić information content (AvgIpc) is 2.41. The Morgan fingerprint density at radius 3 is 2.62 bits per heavy atom. The lowest BCUT2D eigenvalue weighted by molar-refractivity contribution is -0.123. The van der Waals surface area contributed by atoms with Crippen molar-refractivity contribution in [3.8, 4) is 5.75 Å². The topological polar surface area (TPSA) is 50.4 Å². The molecule has 0 bridgehead atoms. The van der Waals surface area contributed by atoms with Gasteiger partial charge < -0.3 is 15.4 Å². The first-order chi connectivity index (χ1) is 9.88. The van der Waals surface area contributed by atoms with E-state index in [-0.39, 0.29) is 24.4 Å². The van der Waals surface area contributed by atoms with E-state index in [1.54, 1.807) is 6.07 Å². The van der Waals surface area contributed by atoms with Crippen LogP contribution < -0.4 is 15.4 Å². The summed E-state index contributed by atoms with van der Waals surface area (Å²) in [5, 5.41) is 5.99. The van der Waals surface area contributed by atoms with Gasteiger partial charge in [0.05, 0.1) is 0 Å². The molecule has 1 aromatic rings. The van der Waals surface area contributed by atoms with Crippen LogP contribution in [-0.4, -0.2) is 25.1 Å². The molecule has 0 aliphatic heterocycles. The summed E-state index contributed by atoms with van der Waals surface area (Å²) in [6, 6.07) is 4.61. The summed E-state index contributed by atoms with van der Waals surface area (Å²) in [5.74, 6) is 0.442. The van der Waals surface area contributed by atoms with Gasteiger partial charge in [-0.05, 0) is 24.1 Å². The molecule has 1 aromatic carbocycles. The number of benzene rings is 1. The lowest BCUT2D eigenvalue weighted by Gasteiger charge is -2.14. The van der Waals surface area contributed by atoms with Gasteiger partial charge >= 0.3 is 0 Å². The van der Waals surface area contributed by atoms with E-state index in [0.717, 1.165) is 0 Å². The Morgan fingerprint density at radius 2 is 2.00 bits per heavy atom. The average molecular weight is 296 g/mol. The van der Waals surface area contributed by atoms with E-state index in [0.29, 0.717) is 30.3 Å². The Hall–Kier alpha value is -1.62. The molecule has 0 unspecified atom stereocenters. The van der Waals surface area contributed by atoms with Gasteiger partial charge in [0.2, 0.25) is 0 Å². The third-order valence-corrected chi connectivity index (χ3v) is 2.79. The SMILES string of the molecule is CC(C)CNC(=O)COc1ccc(F)cc1CNC(C)C. The van der Waals surface area contributed by atoms with Crippen molar-refractivity contribution in [1.82, 2.24) is 10.6 Å². The van der Waals surface area contributed by atoms with Gasteiger partial charge in [0.15, 0.2) is 6.61 Å². The van der Waals surface area contributed by atoms with E-state index in [1.165, 1.54) is 12.1 Å². The number of nitrogens with one attached hydrogen (secondary N) is 2. The molecule has 0 radical (unpaired) electrons. The molecule has 1 amide bonds. The Balaban J connectivity index is 2.59. The maximum atomic E-state index is 13.3. The minimum Gasteiger partial charge on any atom is -0.483 e. The molecular weight excluding hydrogens is 271 g/mol. The molecule has 0 aromatic heterocycles. The number of hydrogen-bond acceptors (Lipinski definition) is 3. The molecule has 4 nitrogen and oxygen atoms in total. The van der Waals surface area contributed by atoms with Gasteiger partial charge in [-0.2, -0.15) is 0 Å². The summed E-state index contributed by atoms with van der Waals surface area (Å²) >= 11 is 0. The predicted molar refractivity (Wildman–Crippen MR) is 81.7 cm³/mol.